The summed E-state index contributed by atoms with van der Waals surface area (Å²) in [5.41, 5.74) is 0.108. The van der Waals surface area contributed by atoms with Crippen LogP contribution in [0.1, 0.15) is 44.1 Å². The number of benzene rings is 1. The van der Waals surface area contributed by atoms with Gasteiger partial charge in [0.15, 0.2) is 0 Å². The number of amides is 4. The summed E-state index contributed by atoms with van der Waals surface area (Å²) in [7, 11) is 1.63. The number of hydrogen-bond donors (Lipinski definition) is 2. The first-order valence-corrected chi connectivity index (χ1v) is 10.7. The van der Waals surface area contributed by atoms with E-state index < -0.39 is 11.6 Å². The Hall–Kier alpha value is -2.61. The van der Waals surface area contributed by atoms with Gasteiger partial charge in [0.05, 0.1) is 13.2 Å². The van der Waals surface area contributed by atoms with Gasteiger partial charge in [0.25, 0.3) is 5.91 Å². The monoisotopic (exact) mass is 415 g/mol. The van der Waals surface area contributed by atoms with Gasteiger partial charge in [-0.3, -0.25) is 14.9 Å². The first-order chi connectivity index (χ1) is 14.5. The fourth-order valence-corrected chi connectivity index (χ4v) is 4.80. The van der Waals surface area contributed by atoms with Crippen LogP contribution < -0.4 is 15.4 Å². The van der Waals surface area contributed by atoms with Crippen molar-refractivity contribution < 1.29 is 23.9 Å². The molecule has 162 valence electrons. The highest BCUT2D eigenvalue weighted by Gasteiger charge is 2.49. The molecule has 1 atom stereocenters. The van der Waals surface area contributed by atoms with Crippen molar-refractivity contribution >= 4 is 17.8 Å². The minimum Gasteiger partial charge on any atom is -0.496 e. The van der Waals surface area contributed by atoms with Crippen LogP contribution >= 0.6 is 0 Å². The number of para-hydroxylation sites is 1. The molecule has 4 amide bonds. The molecule has 2 N–H and O–H groups in total. The van der Waals surface area contributed by atoms with Gasteiger partial charge in [-0.05, 0) is 44.6 Å². The fraction of sp³-hybridized carbons (Fsp3) is 0.591. The minimum atomic E-state index is -0.851. The molecule has 1 aromatic carbocycles. The third-order valence-electron chi connectivity index (χ3n) is 6.52. The number of carbonyl (C=O) groups is 3. The van der Waals surface area contributed by atoms with Crippen LogP contribution in [0.4, 0.5) is 4.79 Å². The summed E-state index contributed by atoms with van der Waals surface area (Å²) < 4.78 is 11.3. The minimum absolute atomic E-state index is 0.0542. The number of imide groups is 1. The summed E-state index contributed by atoms with van der Waals surface area (Å²) in [5.74, 6) is 0.396. The van der Waals surface area contributed by atoms with E-state index in [1.54, 1.807) is 7.11 Å². The Kier molecular flexibility index (Phi) is 5.94. The van der Waals surface area contributed by atoms with Crippen molar-refractivity contribution in [2.45, 2.75) is 56.7 Å². The van der Waals surface area contributed by atoms with E-state index in [0.29, 0.717) is 38.8 Å². The highest BCUT2D eigenvalue weighted by atomic mass is 16.5. The topological polar surface area (TPSA) is 97.0 Å². The molecular weight excluding hydrogens is 386 g/mol. The van der Waals surface area contributed by atoms with Gasteiger partial charge in [-0.1, -0.05) is 18.2 Å². The van der Waals surface area contributed by atoms with E-state index in [9.17, 15) is 14.4 Å². The largest absolute Gasteiger partial charge is 0.496 e. The third-order valence-corrected chi connectivity index (χ3v) is 6.52. The Balaban J connectivity index is 1.47. The molecule has 8 heteroatoms. The van der Waals surface area contributed by atoms with Crippen molar-refractivity contribution in [1.82, 2.24) is 15.5 Å². The first kappa shape index (κ1) is 20.7. The van der Waals surface area contributed by atoms with Gasteiger partial charge in [-0.15, -0.1) is 0 Å². The van der Waals surface area contributed by atoms with E-state index in [2.05, 4.69) is 10.6 Å². The van der Waals surface area contributed by atoms with Crippen molar-refractivity contribution in [3.8, 4) is 5.75 Å². The lowest BCUT2D eigenvalue weighted by atomic mass is 9.76. The molecule has 1 saturated carbocycles. The molecule has 1 aromatic rings. The van der Waals surface area contributed by atoms with Crippen molar-refractivity contribution in [1.29, 1.82) is 0 Å². The van der Waals surface area contributed by atoms with Crippen molar-refractivity contribution in [2.24, 2.45) is 5.92 Å². The molecule has 2 heterocycles. The second kappa shape index (κ2) is 8.63. The molecule has 8 nitrogen and oxygen atoms in total. The second-order valence-corrected chi connectivity index (χ2v) is 8.43. The van der Waals surface area contributed by atoms with Crippen molar-refractivity contribution in [3.63, 3.8) is 0 Å². The van der Waals surface area contributed by atoms with Gasteiger partial charge in [0, 0.05) is 31.2 Å². The number of nitrogens with one attached hydrogen (secondary N) is 2. The zero-order valence-corrected chi connectivity index (χ0v) is 17.3. The third kappa shape index (κ3) is 4.14. The summed E-state index contributed by atoms with van der Waals surface area (Å²) in [5, 5.41) is 5.08. The van der Waals surface area contributed by atoms with Crippen molar-refractivity contribution in [3.05, 3.63) is 29.8 Å². The molecule has 0 bridgehead atoms. The van der Waals surface area contributed by atoms with E-state index >= 15 is 0 Å². The molecule has 2 saturated heterocycles. The number of nitrogens with zero attached hydrogens (tertiary/aromatic N) is 1. The maximum absolute atomic E-state index is 13.5. The Bertz CT molecular complexity index is 813. The van der Waals surface area contributed by atoms with Crippen LogP contribution in [0, 0.1) is 5.92 Å². The van der Waals surface area contributed by atoms with Gasteiger partial charge in [0.1, 0.15) is 11.3 Å². The Morgan fingerprint density at radius 3 is 2.63 bits per heavy atom. The van der Waals surface area contributed by atoms with Gasteiger partial charge in [-0.2, -0.15) is 0 Å². The summed E-state index contributed by atoms with van der Waals surface area (Å²) in [6.07, 6.45) is 4.12. The van der Waals surface area contributed by atoms with Gasteiger partial charge >= 0.3 is 6.03 Å². The van der Waals surface area contributed by atoms with Gasteiger partial charge in [-0.25, -0.2) is 4.79 Å². The van der Waals surface area contributed by atoms with E-state index in [1.165, 1.54) is 0 Å². The molecule has 1 aliphatic carbocycles. The van der Waals surface area contributed by atoms with Crippen LogP contribution in [0.2, 0.25) is 0 Å². The molecule has 1 spiro atoms. The first-order valence-electron chi connectivity index (χ1n) is 10.7. The number of methoxy groups -OCH3 is 1. The number of ether oxygens (including phenoxy) is 2. The average molecular weight is 415 g/mol. The van der Waals surface area contributed by atoms with Crippen LogP contribution in [0.3, 0.4) is 0 Å². The summed E-state index contributed by atoms with van der Waals surface area (Å²) in [6, 6.07) is 7.29. The SMILES string of the molecule is COc1ccccc1CN(CC1CCCO1)C(=O)C1CCC2(CC1)NC(=O)NC2=O. The normalized spacial score (nSPS) is 28.3. The highest BCUT2D eigenvalue weighted by Crippen LogP contribution is 2.35. The number of hydrogen-bond acceptors (Lipinski definition) is 5. The summed E-state index contributed by atoms with van der Waals surface area (Å²) >= 11 is 0. The van der Waals surface area contributed by atoms with Gasteiger partial charge < -0.3 is 19.7 Å². The Morgan fingerprint density at radius 1 is 1.23 bits per heavy atom. The van der Waals surface area contributed by atoms with Crippen LogP contribution in [-0.4, -0.2) is 54.6 Å². The predicted molar refractivity (Wildman–Crippen MR) is 109 cm³/mol. The molecule has 1 unspecified atom stereocenters. The molecule has 30 heavy (non-hydrogen) atoms. The average Bonchev–Trinajstić information content (AvgIpc) is 3.35. The fourth-order valence-electron chi connectivity index (χ4n) is 4.80. The molecule has 3 fully saturated rings. The van der Waals surface area contributed by atoms with Crippen LogP contribution in [-0.2, 0) is 20.9 Å². The molecule has 2 aliphatic heterocycles. The number of carbonyl (C=O) groups excluding carboxylic acids is 3. The zero-order valence-electron chi connectivity index (χ0n) is 17.3. The van der Waals surface area contributed by atoms with Crippen LogP contribution in [0.15, 0.2) is 24.3 Å². The lowest BCUT2D eigenvalue weighted by Gasteiger charge is -2.36. The standard InChI is InChI=1S/C22H29N3O5/c1-29-18-7-3-2-5-16(18)13-25(14-17-6-4-12-30-17)19(26)15-8-10-22(11-9-15)20(27)23-21(28)24-22/h2-3,5,7,15,17H,4,6,8-14H2,1H3,(H2,23,24,27,28). The molecular formula is C22H29N3O5. The quantitative estimate of drug-likeness (QED) is 0.693. The Labute approximate surface area is 176 Å². The van der Waals surface area contributed by atoms with E-state index in [0.717, 1.165) is 30.8 Å². The molecule has 0 aromatic heterocycles. The van der Waals surface area contributed by atoms with E-state index in [-0.39, 0.29) is 23.8 Å². The van der Waals surface area contributed by atoms with Crippen LogP contribution in [0.5, 0.6) is 5.75 Å². The van der Waals surface area contributed by atoms with Crippen LogP contribution in [0.25, 0.3) is 0 Å². The second-order valence-electron chi connectivity index (χ2n) is 8.43. The predicted octanol–water partition coefficient (Wildman–Crippen LogP) is 1.97. The smallest absolute Gasteiger partial charge is 0.322 e. The highest BCUT2D eigenvalue weighted by molar-refractivity contribution is 6.07. The number of rotatable bonds is 6. The maximum atomic E-state index is 13.5. The summed E-state index contributed by atoms with van der Waals surface area (Å²) in [6.45, 7) is 1.75. The lowest BCUT2D eigenvalue weighted by molar-refractivity contribution is -0.140. The molecule has 3 aliphatic rings. The van der Waals surface area contributed by atoms with E-state index in [4.69, 9.17) is 9.47 Å². The zero-order chi connectivity index (χ0) is 21.1. The number of urea groups is 1. The maximum Gasteiger partial charge on any atom is 0.322 e. The van der Waals surface area contributed by atoms with E-state index in [1.807, 2.05) is 29.2 Å². The van der Waals surface area contributed by atoms with Crippen molar-refractivity contribution in [2.75, 3.05) is 20.3 Å². The Morgan fingerprint density at radius 2 is 2.00 bits per heavy atom. The molecule has 4 rings (SSSR count). The lowest BCUT2D eigenvalue weighted by Crippen LogP contribution is -2.51. The van der Waals surface area contributed by atoms with Gasteiger partial charge in [0.2, 0.25) is 5.91 Å². The molecule has 0 radical (unpaired) electrons. The summed E-state index contributed by atoms with van der Waals surface area (Å²) in [4.78, 5) is 39.1.